The van der Waals surface area contributed by atoms with Gasteiger partial charge in [0.2, 0.25) is 0 Å². The third-order valence-corrected chi connectivity index (χ3v) is 2.64. The van der Waals surface area contributed by atoms with Crippen molar-refractivity contribution in [3.8, 4) is 0 Å². The number of nitrogens with zero attached hydrogens (tertiary/aromatic N) is 2. The maximum absolute atomic E-state index is 11.1. The molecule has 0 fully saturated rings. The summed E-state index contributed by atoms with van der Waals surface area (Å²) in [7, 11) is 0. The average molecular weight is 272 g/mol. The van der Waals surface area contributed by atoms with Crippen molar-refractivity contribution in [3.05, 3.63) is 24.4 Å². The first-order valence-electron chi connectivity index (χ1n) is 5.52. The fourth-order valence-electron chi connectivity index (χ4n) is 0.976. The van der Waals surface area contributed by atoms with Crippen molar-refractivity contribution in [1.29, 1.82) is 5.41 Å². The van der Waals surface area contributed by atoms with Gasteiger partial charge in [0, 0.05) is 18.5 Å². The van der Waals surface area contributed by atoms with Gasteiger partial charge >= 0.3 is 0 Å². The van der Waals surface area contributed by atoms with E-state index in [0.29, 0.717) is 12.3 Å². The smallest absolute Gasteiger partial charge is 0.263 e. The first-order chi connectivity index (χ1) is 8.49. The summed E-state index contributed by atoms with van der Waals surface area (Å²) in [6.45, 7) is 5.94. The molecule has 7 heteroatoms. The molecule has 0 aromatic carbocycles. The summed E-state index contributed by atoms with van der Waals surface area (Å²) in [6.07, 6.45) is 7.45. The molecule has 0 rings (SSSR count). The maximum Gasteiger partial charge on any atom is 0.263 e. The summed E-state index contributed by atoms with van der Waals surface area (Å²) in [5, 5.41) is 10.1. The van der Waals surface area contributed by atoms with Gasteiger partial charge in [-0.05, 0) is 32.9 Å². The number of allylic oxidation sites excluding steroid dienone is 3. The first-order valence-corrected chi connectivity index (χ1v) is 6.59. The summed E-state index contributed by atoms with van der Waals surface area (Å²) < 4.78 is 21.5. The predicted octanol–water partition coefficient (Wildman–Crippen LogP) is 1.52. The van der Waals surface area contributed by atoms with Crippen molar-refractivity contribution < 1.29 is 8.76 Å². The summed E-state index contributed by atoms with van der Waals surface area (Å²) in [6, 6.07) is 0. The van der Waals surface area contributed by atoms with E-state index in [4.69, 9.17) is 9.96 Å². The second-order valence-corrected chi connectivity index (χ2v) is 4.33. The van der Waals surface area contributed by atoms with Crippen LogP contribution < -0.4 is 5.32 Å². The normalized spacial score (nSPS) is 15.3. The molecule has 0 heterocycles. The fourth-order valence-corrected chi connectivity index (χ4v) is 1.48. The van der Waals surface area contributed by atoms with Crippen LogP contribution in [0.4, 0.5) is 0 Å². The van der Waals surface area contributed by atoms with Gasteiger partial charge in [0.25, 0.3) is 11.3 Å². The number of aliphatic imine (C=N–C) groups is 1. The zero-order chi connectivity index (χ0) is 14.0. The molecule has 102 valence electrons. The van der Waals surface area contributed by atoms with Gasteiger partial charge in [-0.3, -0.25) is 13.9 Å². The first kappa shape index (κ1) is 16.5. The summed E-state index contributed by atoms with van der Waals surface area (Å²) in [5.74, 6) is 0. The number of rotatable bonds is 8. The van der Waals surface area contributed by atoms with Gasteiger partial charge in [0.1, 0.15) is 6.17 Å². The van der Waals surface area contributed by atoms with Crippen LogP contribution in [0.5, 0.6) is 0 Å². The zero-order valence-electron chi connectivity index (χ0n) is 10.8. The van der Waals surface area contributed by atoms with Crippen molar-refractivity contribution in [1.82, 2.24) is 9.62 Å². The van der Waals surface area contributed by atoms with E-state index in [1.165, 1.54) is 16.8 Å². The summed E-state index contributed by atoms with van der Waals surface area (Å²) in [5.41, 5.74) is 0.414. The lowest BCUT2D eigenvalue weighted by Gasteiger charge is -2.22. The van der Waals surface area contributed by atoms with Gasteiger partial charge in [-0.25, -0.2) is 4.21 Å². The Bertz CT molecular complexity index is 366. The Kier molecular flexibility index (Phi) is 8.77. The van der Waals surface area contributed by atoms with Crippen molar-refractivity contribution in [2.45, 2.75) is 26.9 Å². The van der Waals surface area contributed by atoms with E-state index in [0.717, 1.165) is 0 Å². The minimum atomic E-state index is -2.12. The van der Waals surface area contributed by atoms with Crippen LogP contribution in [0.1, 0.15) is 20.8 Å². The molecular weight excluding hydrogens is 252 g/mol. The molecule has 0 amide bonds. The molecule has 0 aliphatic carbocycles. The largest absolute Gasteiger partial charge is 0.356 e. The highest BCUT2D eigenvalue weighted by atomic mass is 32.2. The lowest BCUT2D eigenvalue weighted by atomic mass is 10.3. The van der Waals surface area contributed by atoms with Gasteiger partial charge in [-0.15, -0.1) is 0 Å². The van der Waals surface area contributed by atoms with Crippen LogP contribution >= 0.6 is 0 Å². The van der Waals surface area contributed by atoms with Crippen molar-refractivity contribution in [2.75, 3.05) is 6.54 Å². The second-order valence-electron chi connectivity index (χ2n) is 3.44. The minimum Gasteiger partial charge on any atom is -0.356 e. The Morgan fingerprint density at radius 2 is 2.28 bits per heavy atom. The molecular formula is C11H20N4O2S. The molecule has 0 aliphatic rings. The van der Waals surface area contributed by atoms with Crippen LogP contribution in [-0.2, 0) is 11.3 Å². The van der Waals surface area contributed by atoms with Gasteiger partial charge in [-0.1, -0.05) is 6.08 Å². The van der Waals surface area contributed by atoms with Crippen molar-refractivity contribution in [3.63, 3.8) is 0 Å². The van der Waals surface area contributed by atoms with Crippen LogP contribution in [0.25, 0.3) is 0 Å². The van der Waals surface area contributed by atoms with Crippen LogP contribution in [0, 0.1) is 5.41 Å². The monoisotopic (exact) mass is 272 g/mol. The highest BCUT2D eigenvalue weighted by molar-refractivity contribution is 7.76. The number of nitrogens with one attached hydrogen (secondary N) is 2. The Balaban J connectivity index is 4.51. The second kappa shape index (κ2) is 9.55. The van der Waals surface area contributed by atoms with E-state index in [1.54, 1.807) is 32.1 Å². The molecule has 0 aromatic heterocycles. The SMILES string of the molecule is CCN=CNC(C)N(/C=C/C=C/C(C)=N)S(=O)O. The predicted molar refractivity (Wildman–Crippen MR) is 75.9 cm³/mol. The van der Waals surface area contributed by atoms with Crippen LogP contribution in [-0.4, -0.2) is 37.8 Å². The fraction of sp³-hybridized carbons (Fsp3) is 0.455. The quantitative estimate of drug-likeness (QED) is 0.206. The van der Waals surface area contributed by atoms with E-state index in [9.17, 15) is 4.21 Å². The number of hydrogen-bond donors (Lipinski definition) is 3. The van der Waals surface area contributed by atoms with E-state index in [-0.39, 0.29) is 6.17 Å². The van der Waals surface area contributed by atoms with E-state index in [1.807, 2.05) is 6.92 Å². The van der Waals surface area contributed by atoms with E-state index < -0.39 is 11.3 Å². The standard InChI is InChI=1S/C11H20N4O2S/c1-4-13-9-14-11(3)15(18(16)17)8-6-5-7-10(2)12/h5-9,11-12H,4H2,1-3H3,(H,13,14)(H,16,17)/b7-5+,8-6+,12-10?. The highest BCUT2D eigenvalue weighted by Gasteiger charge is 2.12. The van der Waals surface area contributed by atoms with Crippen LogP contribution in [0.15, 0.2) is 29.4 Å². The van der Waals surface area contributed by atoms with Crippen molar-refractivity contribution in [2.24, 2.45) is 4.99 Å². The average Bonchev–Trinajstić information content (AvgIpc) is 2.28. The molecule has 0 aromatic rings. The molecule has 2 unspecified atom stereocenters. The Morgan fingerprint density at radius 3 is 2.78 bits per heavy atom. The molecule has 0 spiro atoms. The molecule has 0 radical (unpaired) electrons. The van der Waals surface area contributed by atoms with Gasteiger partial charge in [0.05, 0.1) is 6.34 Å². The molecule has 3 N–H and O–H groups in total. The zero-order valence-corrected chi connectivity index (χ0v) is 11.6. The van der Waals surface area contributed by atoms with Crippen LogP contribution in [0.3, 0.4) is 0 Å². The van der Waals surface area contributed by atoms with Crippen molar-refractivity contribution >= 4 is 23.3 Å². The highest BCUT2D eigenvalue weighted by Crippen LogP contribution is 2.00. The van der Waals surface area contributed by atoms with Gasteiger partial charge < -0.3 is 10.7 Å². The summed E-state index contributed by atoms with van der Waals surface area (Å²) >= 11 is -2.12. The van der Waals surface area contributed by atoms with Crippen LogP contribution in [0.2, 0.25) is 0 Å². The lowest BCUT2D eigenvalue weighted by molar-refractivity contribution is 0.390. The third kappa shape index (κ3) is 7.75. The molecule has 0 saturated heterocycles. The topological polar surface area (TPSA) is 88.8 Å². The van der Waals surface area contributed by atoms with E-state index >= 15 is 0 Å². The Morgan fingerprint density at radius 1 is 1.61 bits per heavy atom. The molecule has 0 saturated carbocycles. The lowest BCUT2D eigenvalue weighted by Crippen LogP contribution is -2.40. The van der Waals surface area contributed by atoms with E-state index in [2.05, 4.69) is 10.3 Å². The minimum absolute atomic E-state index is 0.364. The summed E-state index contributed by atoms with van der Waals surface area (Å²) in [4.78, 5) is 3.96. The molecule has 18 heavy (non-hydrogen) atoms. The van der Waals surface area contributed by atoms with Gasteiger partial charge in [0.15, 0.2) is 0 Å². The third-order valence-electron chi connectivity index (χ3n) is 1.84. The molecule has 0 bridgehead atoms. The molecule has 0 aliphatic heterocycles. The molecule has 6 nitrogen and oxygen atoms in total. The van der Waals surface area contributed by atoms with Gasteiger partial charge in [-0.2, -0.15) is 0 Å². The molecule has 2 atom stereocenters. The Labute approximate surface area is 110 Å². The Hall–Kier alpha value is -1.47. The number of hydrogen-bond acceptors (Lipinski definition) is 3. The maximum atomic E-state index is 11.1.